The minimum Gasteiger partial charge on any atom is -0.396 e. The highest BCUT2D eigenvalue weighted by Crippen LogP contribution is 2.34. The summed E-state index contributed by atoms with van der Waals surface area (Å²) in [5, 5.41) is 15.1. The Morgan fingerprint density at radius 2 is 1.91 bits per heavy atom. The van der Waals surface area contributed by atoms with E-state index < -0.39 is 0 Å². The van der Waals surface area contributed by atoms with Gasteiger partial charge in [-0.1, -0.05) is 37.3 Å². The van der Waals surface area contributed by atoms with E-state index in [1.807, 2.05) is 32.0 Å². The molecule has 1 aromatic rings. The number of hydrogen-bond acceptors (Lipinski definition) is 3. The van der Waals surface area contributed by atoms with Gasteiger partial charge in [-0.3, -0.25) is 0 Å². The van der Waals surface area contributed by atoms with Gasteiger partial charge in [-0.2, -0.15) is 0 Å². The molecule has 2 unspecified atom stereocenters. The second kappa shape index (κ2) is 8.31. The van der Waals surface area contributed by atoms with Gasteiger partial charge in [0.25, 0.3) is 0 Å². The van der Waals surface area contributed by atoms with Crippen LogP contribution < -0.4 is 10.6 Å². The topological polar surface area (TPSA) is 70.6 Å². The highest BCUT2D eigenvalue weighted by molar-refractivity contribution is 5.74. The Labute approximate surface area is 138 Å². The molecule has 0 saturated carbocycles. The van der Waals surface area contributed by atoms with Gasteiger partial charge in [-0.05, 0) is 31.2 Å². The second-order valence-electron chi connectivity index (χ2n) is 6.53. The molecule has 5 nitrogen and oxygen atoms in total. The highest BCUT2D eigenvalue weighted by Gasteiger charge is 2.34. The number of aliphatic hydroxyl groups excluding tert-OH is 1. The number of carbonyl (C=O) groups excluding carboxylic acids is 1. The van der Waals surface area contributed by atoms with E-state index in [1.54, 1.807) is 0 Å². The van der Waals surface area contributed by atoms with Crippen molar-refractivity contribution in [1.82, 2.24) is 10.6 Å². The first kappa shape index (κ1) is 17.8. The standard InChI is InChI=1S/C18H28N2O3/c1-14(12-21)15(2)20-17(22)19-13-18(8-10-23-11-9-18)16-6-4-3-5-7-16/h3-7,14-15,21H,8-13H2,1-2H3,(H2,19,20,22). The van der Waals surface area contributed by atoms with Crippen molar-refractivity contribution in [2.45, 2.75) is 38.1 Å². The van der Waals surface area contributed by atoms with Crippen LogP contribution in [0.25, 0.3) is 0 Å². The van der Waals surface area contributed by atoms with Gasteiger partial charge < -0.3 is 20.5 Å². The van der Waals surface area contributed by atoms with Crippen LogP contribution in [-0.2, 0) is 10.2 Å². The lowest BCUT2D eigenvalue weighted by Gasteiger charge is -2.38. The molecular weight excluding hydrogens is 292 g/mol. The van der Waals surface area contributed by atoms with Crippen LogP contribution in [0.2, 0.25) is 0 Å². The zero-order valence-electron chi connectivity index (χ0n) is 14.0. The first-order valence-electron chi connectivity index (χ1n) is 8.36. The van der Waals surface area contributed by atoms with Crippen LogP contribution in [-0.4, -0.2) is 43.5 Å². The molecule has 2 rings (SSSR count). The highest BCUT2D eigenvalue weighted by atomic mass is 16.5. The van der Waals surface area contributed by atoms with Crippen LogP contribution in [0.3, 0.4) is 0 Å². The Balaban J connectivity index is 1.98. The number of benzene rings is 1. The largest absolute Gasteiger partial charge is 0.396 e. The van der Waals surface area contributed by atoms with E-state index in [4.69, 9.17) is 9.84 Å². The molecular formula is C18H28N2O3. The normalized spacial score (nSPS) is 19.6. The Morgan fingerprint density at radius 1 is 1.26 bits per heavy atom. The fraction of sp³-hybridized carbons (Fsp3) is 0.611. The van der Waals surface area contributed by atoms with E-state index in [0.29, 0.717) is 6.54 Å². The number of urea groups is 1. The number of aliphatic hydroxyl groups is 1. The number of hydrogen-bond donors (Lipinski definition) is 3. The number of ether oxygens (including phenoxy) is 1. The number of nitrogens with one attached hydrogen (secondary N) is 2. The van der Waals surface area contributed by atoms with Crippen molar-refractivity contribution in [1.29, 1.82) is 0 Å². The molecule has 1 saturated heterocycles. The van der Waals surface area contributed by atoms with Gasteiger partial charge in [0.2, 0.25) is 0 Å². The SMILES string of the molecule is CC(CO)C(C)NC(=O)NCC1(c2ccccc2)CCOCC1. The third-order valence-corrected chi connectivity index (χ3v) is 4.92. The predicted molar refractivity (Wildman–Crippen MR) is 90.4 cm³/mol. The van der Waals surface area contributed by atoms with Crippen molar-refractivity contribution in [3.05, 3.63) is 35.9 Å². The van der Waals surface area contributed by atoms with Crippen LogP contribution in [0.1, 0.15) is 32.3 Å². The maximum atomic E-state index is 12.2. The zero-order valence-corrected chi connectivity index (χ0v) is 14.0. The van der Waals surface area contributed by atoms with Crippen LogP contribution in [0.15, 0.2) is 30.3 Å². The molecule has 1 aliphatic heterocycles. The van der Waals surface area contributed by atoms with Gasteiger partial charge >= 0.3 is 6.03 Å². The molecule has 5 heteroatoms. The van der Waals surface area contributed by atoms with Crippen LogP contribution in [0.5, 0.6) is 0 Å². The van der Waals surface area contributed by atoms with Gasteiger partial charge in [-0.25, -0.2) is 4.79 Å². The molecule has 1 aliphatic rings. The van der Waals surface area contributed by atoms with E-state index >= 15 is 0 Å². The molecule has 23 heavy (non-hydrogen) atoms. The van der Waals surface area contributed by atoms with E-state index in [-0.39, 0.29) is 30.0 Å². The monoisotopic (exact) mass is 320 g/mol. The first-order chi connectivity index (χ1) is 11.1. The van der Waals surface area contributed by atoms with E-state index in [1.165, 1.54) is 5.56 Å². The molecule has 0 aliphatic carbocycles. The molecule has 0 radical (unpaired) electrons. The van der Waals surface area contributed by atoms with Crippen molar-refractivity contribution < 1.29 is 14.6 Å². The molecule has 1 aromatic carbocycles. The summed E-state index contributed by atoms with van der Waals surface area (Å²) in [6.07, 6.45) is 1.81. The quantitative estimate of drug-likeness (QED) is 0.751. The van der Waals surface area contributed by atoms with Crippen molar-refractivity contribution >= 4 is 6.03 Å². The Morgan fingerprint density at radius 3 is 2.52 bits per heavy atom. The predicted octanol–water partition coefficient (Wildman–Crippen LogP) is 2.05. The third-order valence-electron chi connectivity index (χ3n) is 4.92. The summed E-state index contributed by atoms with van der Waals surface area (Å²) >= 11 is 0. The fourth-order valence-corrected chi connectivity index (χ4v) is 2.93. The number of rotatable bonds is 6. The number of amides is 2. The molecule has 2 amide bonds. The molecule has 1 fully saturated rings. The average Bonchev–Trinajstić information content (AvgIpc) is 2.60. The molecule has 128 valence electrons. The Bertz CT molecular complexity index is 486. The molecule has 1 heterocycles. The lowest BCUT2D eigenvalue weighted by atomic mass is 9.74. The Kier molecular flexibility index (Phi) is 6.42. The smallest absolute Gasteiger partial charge is 0.315 e. The zero-order chi connectivity index (χ0) is 16.7. The third kappa shape index (κ3) is 4.69. The lowest BCUT2D eigenvalue weighted by Crippen LogP contribution is -2.50. The van der Waals surface area contributed by atoms with E-state index in [0.717, 1.165) is 26.1 Å². The van der Waals surface area contributed by atoms with Crippen LogP contribution >= 0.6 is 0 Å². The molecule has 2 atom stereocenters. The van der Waals surface area contributed by atoms with Crippen molar-refractivity contribution in [2.24, 2.45) is 5.92 Å². The molecule has 0 bridgehead atoms. The summed E-state index contributed by atoms with van der Waals surface area (Å²) < 4.78 is 5.51. The maximum absolute atomic E-state index is 12.2. The molecule has 3 N–H and O–H groups in total. The fourth-order valence-electron chi connectivity index (χ4n) is 2.93. The van der Waals surface area contributed by atoms with Gasteiger partial charge in [0.15, 0.2) is 0 Å². The van der Waals surface area contributed by atoms with E-state index in [2.05, 4.69) is 22.8 Å². The minimum absolute atomic E-state index is 0.0342. The summed E-state index contributed by atoms with van der Waals surface area (Å²) in [5.41, 5.74) is 1.18. The van der Waals surface area contributed by atoms with Gasteiger partial charge in [-0.15, -0.1) is 0 Å². The molecule has 0 aromatic heterocycles. The van der Waals surface area contributed by atoms with Gasteiger partial charge in [0.1, 0.15) is 0 Å². The minimum atomic E-state index is -0.181. The van der Waals surface area contributed by atoms with Crippen molar-refractivity contribution in [2.75, 3.05) is 26.4 Å². The summed E-state index contributed by atoms with van der Waals surface area (Å²) in [7, 11) is 0. The lowest BCUT2D eigenvalue weighted by molar-refractivity contribution is 0.0506. The average molecular weight is 320 g/mol. The number of carbonyl (C=O) groups is 1. The Hall–Kier alpha value is -1.59. The van der Waals surface area contributed by atoms with Gasteiger partial charge in [0.05, 0.1) is 0 Å². The maximum Gasteiger partial charge on any atom is 0.315 e. The van der Waals surface area contributed by atoms with Crippen molar-refractivity contribution in [3.8, 4) is 0 Å². The van der Waals surface area contributed by atoms with Crippen molar-refractivity contribution in [3.63, 3.8) is 0 Å². The van der Waals surface area contributed by atoms with Gasteiger partial charge in [0, 0.05) is 37.8 Å². The summed E-state index contributed by atoms with van der Waals surface area (Å²) in [6.45, 7) is 5.90. The summed E-state index contributed by atoms with van der Waals surface area (Å²) in [6, 6.07) is 10.1. The van der Waals surface area contributed by atoms with Crippen LogP contribution in [0, 0.1) is 5.92 Å². The van der Waals surface area contributed by atoms with E-state index in [9.17, 15) is 4.79 Å². The molecule has 0 spiro atoms. The first-order valence-corrected chi connectivity index (χ1v) is 8.36. The summed E-state index contributed by atoms with van der Waals surface area (Å²) in [5.74, 6) is 0.0342. The second-order valence-corrected chi connectivity index (χ2v) is 6.53. The summed E-state index contributed by atoms with van der Waals surface area (Å²) in [4.78, 5) is 12.2. The van der Waals surface area contributed by atoms with Crippen LogP contribution in [0.4, 0.5) is 4.79 Å².